The van der Waals surface area contributed by atoms with Crippen molar-refractivity contribution in [3.63, 3.8) is 0 Å². The molecule has 0 aliphatic heterocycles. The number of amides is 2. The van der Waals surface area contributed by atoms with Gasteiger partial charge in [0.05, 0.1) is 6.54 Å². The van der Waals surface area contributed by atoms with Crippen molar-refractivity contribution in [1.29, 1.82) is 0 Å². The lowest BCUT2D eigenvalue weighted by Crippen LogP contribution is -2.48. The molecule has 1 atom stereocenters. The van der Waals surface area contributed by atoms with Crippen LogP contribution in [0.3, 0.4) is 0 Å². The van der Waals surface area contributed by atoms with Crippen molar-refractivity contribution in [2.24, 2.45) is 5.92 Å². The number of hydrogen-bond donors (Lipinski definition) is 3. The highest BCUT2D eigenvalue weighted by Crippen LogP contribution is 2.02. The fourth-order valence-corrected chi connectivity index (χ4v) is 1.59. The number of carbonyl (C=O) groups excluding carboxylic acids is 2. The van der Waals surface area contributed by atoms with Crippen LogP contribution in [0.4, 0.5) is 0 Å². The van der Waals surface area contributed by atoms with E-state index in [0.29, 0.717) is 12.4 Å². The Morgan fingerprint density at radius 1 is 1.44 bits per heavy atom. The van der Waals surface area contributed by atoms with Gasteiger partial charge in [-0.25, -0.2) is 4.98 Å². The van der Waals surface area contributed by atoms with Gasteiger partial charge in [0.25, 0.3) is 0 Å². The predicted octanol–water partition coefficient (Wildman–Crippen LogP) is 0.495. The zero-order valence-electron chi connectivity index (χ0n) is 11.2. The van der Waals surface area contributed by atoms with Gasteiger partial charge in [0.15, 0.2) is 0 Å². The third-order valence-corrected chi connectivity index (χ3v) is 2.49. The molecule has 1 rings (SSSR count). The number of aromatic amines is 1. The SMILES string of the molecule is CC(=O)N[C@@H](C(=O)NCc1ncc(C)[nH]1)C(C)C. The minimum absolute atomic E-state index is 0.0345. The molecule has 0 aliphatic carbocycles. The van der Waals surface area contributed by atoms with E-state index < -0.39 is 6.04 Å². The maximum Gasteiger partial charge on any atom is 0.243 e. The largest absolute Gasteiger partial charge is 0.347 e. The molecule has 2 amide bonds. The van der Waals surface area contributed by atoms with Crippen LogP contribution in [-0.2, 0) is 16.1 Å². The Kier molecular flexibility index (Phi) is 4.88. The standard InChI is InChI=1S/C12H20N4O2/c1-7(2)11(16-9(4)17)12(18)14-6-10-13-5-8(3)15-10/h5,7,11H,6H2,1-4H3,(H,13,15)(H,14,18)(H,16,17)/t11-/m1/s1. The van der Waals surface area contributed by atoms with Crippen LogP contribution in [0.5, 0.6) is 0 Å². The Labute approximate surface area is 107 Å². The van der Waals surface area contributed by atoms with E-state index in [0.717, 1.165) is 5.69 Å². The molecular weight excluding hydrogens is 232 g/mol. The fourth-order valence-electron chi connectivity index (χ4n) is 1.59. The number of carbonyl (C=O) groups is 2. The van der Waals surface area contributed by atoms with Gasteiger partial charge < -0.3 is 15.6 Å². The summed E-state index contributed by atoms with van der Waals surface area (Å²) in [6.45, 7) is 7.40. The minimum atomic E-state index is -0.515. The molecule has 0 radical (unpaired) electrons. The minimum Gasteiger partial charge on any atom is -0.347 e. The summed E-state index contributed by atoms with van der Waals surface area (Å²) >= 11 is 0. The molecule has 0 fully saturated rings. The molecule has 0 unspecified atom stereocenters. The molecule has 0 saturated carbocycles. The highest BCUT2D eigenvalue weighted by Gasteiger charge is 2.22. The summed E-state index contributed by atoms with van der Waals surface area (Å²) in [6.07, 6.45) is 1.70. The zero-order chi connectivity index (χ0) is 13.7. The van der Waals surface area contributed by atoms with Crippen LogP contribution in [0, 0.1) is 12.8 Å². The number of imidazole rings is 1. The maximum absolute atomic E-state index is 11.9. The normalized spacial score (nSPS) is 12.3. The van der Waals surface area contributed by atoms with Crippen molar-refractivity contribution in [3.05, 3.63) is 17.7 Å². The Hall–Kier alpha value is -1.85. The van der Waals surface area contributed by atoms with Crippen LogP contribution in [-0.4, -0.2) is 27.8 Å². The van der Waals surface area contributed by atoms with Gasteiger partial charge >= 0.3 is 0 Å². The van der Waals surface area contributed by atoms with Crippen LogP contribution < -0.4 is 10.6 Å². The molecule has 3 N–H and O–H groups in total. The molecule has 0 saturated heterocycles. The molecular formula is C12H20N4O2. The second-order valence-corrected chi connectivity index (χ2v) is 4.65. The number of aromatic nitrogens is 2. The highest BCUT2D eigenvalue weighted by atomic mass is 16.2. The van der Waals surface area contributed by atoms with Crippen LogP contribution >= 0.6 is 0 Å². The lowest BCUT2D eigenvalue weighted by atomic mass is 10.0. The summed E-state index contributed by atoms with van der Waals surface area (Å²) in [5.41, 5.74) is 0.946. The second-order valence-electron chi connectivity index (χ2n) is 4.65. The van der Waals surface area contributed by atoms with Gasteiger partial charge in [-0.05, 0) is 12.8 Å². The van der Waals surface area contributed by atoms with Crippen molar-refractivity contribution in [3.8, 4) is 0 Å². The fraction of sp³-hybridized carbons (Fsp3) is 0.583. The number of hydrogen-bond acceptors (Lipinski definition) is 3. The maximum atomic E-state index is 11.9. The van der Waals surface area contributed by atoms with E-state index >= 15 is 0 Å². The van der Waals surface area contributed by atoms with E-state index in [1.807, 2.05) is 20.8 Å². The van der Waals surface area contributed by atoms with Gasteiger partial charge in [-0.2, -0.15) is 0 Å². The smallest absolute Gasteiger partial charge is 0.243 e. The van der Waals surface area contributed by atoms with Crippen molar-refractivity contribution < 1.29 is 9.59 Å². The number of H-pyrrole nitrogens is 1. The summed E-state index contributed by atoms with van der Waals surface area (Å²) in [6, 6.07) is -0.515. The highest BCUT2D eigenvalue weighted by molar-refractivity contribution is 5.86. The quantitative estimate of drug-likeness (QED) is 0.713. The van der Waals surface area contributed by atoms with Crippen LogP contribution in [0.1, 0.15) is 32.3 Å². The number of aryl methyl sites for hydroxylation is 1. The van der Waals surface area contributed by atoms with Crippen molar-refractivity contribution >= 4 is 11.8 Å². The molecule has 1 heterocycles. The van der Waals surface area contributed by atoms with Crippen LogP contribution in [0.25, 0.3) is 0 Å². The van der Waals surface area contributed by atoms with E-state index in [4.69, 9.17) is 0 Å². The van der Waals surface area contributed by atoms with E-state index in [1.54, 1.807) is 6.20 Å². The average molecular weight is 252 g/mol. The van der Waals surface area contributed by atoms with E-state index in [-0.39, 0.29) is 17.7 Å². The molecule has 6 heteroatoms. The van der Waals surface area contributed by atoms with Gasteiger partial charge in [0.1, 0.15) is 11.9 Å². The van der Waals surface area contributed by atoms with Gasteiger partial charge in [-0.1, -0.05) is 13.8 Å². The van der Waals surface area contributed by atoms with E-state index in [9.17, 15) is 9.59 Å². The van der Waals surface area contributed by atoms with Crippen LogP contribution in [0.2, 0.25) is 0 Å². The zero-order valence-corrected chi connectivity index (χ0v) is 11.2. The monoisotopic (exact) mass is 252 g/mol. The third kappa shape index (κ3) is 4.20. The molecule has 1 aromatic rings. The Bertz CT molecular complexity index is 425. The van der Waals surface area contributed by atoms with Gasteiger partial charge in [0, 0.05) is 18.8 Å². The van der Waals surface area contributed by atoms with E-state index in [2.05, 4.69) is 20.6 Å². The first-order chi connectivity index (χ1) is 8.40. The van der Waals surface area contributed by atoms with Crippen LogP contribution in [0.15, 0.2) is 6.20 Å². The Morgan fingerprint density at radius 3 is 2.56 bits per heavy atom. The first kappa shape index (κ1) is 14.2. The topological polar surface area (TPSA) is 86.9 Å². The average Bonchev–Trinajstić information content (AvgIpc) is 2.68. The summed E-state index contributed by atoms with van der Waals surface area (Å²) in [7, 11) is 0. The molecule has 0 spiro atoms. The number of rotatable bonds is 5. The number of nitrogens with zero attached hydrogens (tertiary/aromatic N) is 1. The lowest BCUT2D eigenvalue weighted by molar-refractivity contribution is -0.129. The van der Waals surface area contributed by atoms with Crippen molar-refractivity contribution in [1.82, 2.24) is 20.6 Å². The summed E-state index contributed by atoms with van der Waals surface area (Å²) in [5.74, 6) is 0.324. The third-order valence-electron chi connectivity index (χ3n) is 2.49. The summed E-state index contributed by atoms with van der Waals surface area (Å²) < 4.78 is 0. The molecule has 18 heavy (non-hydrogen) atoms. The second kappa shape index (κ2) is 6.18. The van der Waals surface area contributed by atoms with Gasteiger partial charge in [0.2, 0.25) is 11.8 Å². The van der Waals surface area contributed by atoms with E-state index in [1.165, 1.54) is 6.92 Å². The molecule has 0 bridgehead atoms. The van der Waals surface area contributed by atoms with Gasteiger partial charge in [-0.15, -0.1) is 0 Å². The van der Waals surface area contributed by atoms with Crippen molar-refractivity contribution in [2.45, 2.75) is 40.3 Å². The molecule has 1 aromatic heterocycles. The summed E-state index contributed by atoms with van der Waals surface area (Å²) in [5, 5.41) is 5.39. The van der Waals surface area contributed by atoms with Crippen molar-refractivity contribution in [2.75, 3.05) is 0 Å². The Balaban J connectivity index is 2.53. The predicted molar refractivity (Wildman–Crippen MR) is 67.6 cm³/mol. The molecule has 0 aromatic carbocycles. The number of nitrogens with one attached hydrogen (secondary N) is 3. The lowest BCUT2D eigenvalue weighted by Gasteiger charge is -2.20. The first-order valence-electron chi connectivity index (χ1n) is 5.95. The summed E-state index contributed by atoms with van der Waals surface area (Å²) in [4.78, 5) is 30.1. The molecule has 6 nitrogen and oxygen atoms in total. The molecule has 100 valence electrons. The van der Waals surface area contributed by atoms with Gasteiger partial charge in [-0.3, -0.25) is 9.59 Å². The molecule has 0 aliphatic rings. The Morgan fingerprint density at radius 2 is 2.11 bits per heavy atom. The first-order valence-corrected chi connectivity index (χ1v) is 5.95.